The Morgan fingerprint density at radius 1 is 1.50 bits per heavy atom. The van der Waals surface area contributed by atoms with Gasteiger partial charge in [0.05, 0.1) is 6.04 Å². The maximum Gasteiger partial charge on any atom is 0.410 e. The standard InChI is InChI=1S/C15H23N3O2/c1-15(2,3)20-14(19)18-10-6-8-12(18)11-7-5-9-17-13(11)16-4/h5,7,9,12H,6,8,10H2,1-4H3,(H,16,17)/t12-/m0/s1. The summed E-state index contributed by atoms with van der Waals surface area (Å²) in [6.45, 7) is 6.40. The van der Waals surface area contributed by atoms with Gasteiger partial charge in [0.15, 0.2) is 0 Å². The summed E-state index contributed by atoms with van der Waals surface area (Å²) >= 11 is 0. The number of pyridine rings is 1. The van der Waals surface area contributed by atoms with Gasteiger partial charge in [0.2, 0.25) is 0 Å². The Kier molecular flexibility index (Phi) is 4.16. The van der Waals surface area contributed by atoms with Gasteiger partial charge in [-0.15, -0.1) is 0 Å². The van der Waals surface area contributed by atoms with Crippen LogP contribution in [0.25, 0.3) is 0 Å². The molecule has 0 aromatic carbocycles. The van der Waals surface area contributed by atoms with Gasteiger partial charge in [0.1, 0.15) is 11.4 Å². The van der Waals surface area contributed by atoms with E-state index < -0.39 is 5.60 Å². The molecule has 5 nitrogen and oxygen atoms in total. The molecule has 1 saturated heterocycles. The molecule has 1 aromatic rings. The van der Waals surface area contributed by atoms with Crippen LogP contribution in [0.2, 0.25) is 0 Å². The van der Waals surface area contributed by atoms with Crippen molar-refractivity contribution in [3.63, 3.8) is 0 Å². The van der Waals surface area contributed by atoms with Crippen LogP contribution in [0.3, 0.4) is 0 Å². The first kappa shape index (κ1) is 14.6. The molecular weight excluding hydrogens is 254 g/mol. The first-order chi connectivity index (χ1) is 9.42. The number of nitrogens with one attached hydrogen (secondary N) is 1. The van der Waals surface area contributed by atoms with Crippen molar-refractivity contribution in [3.05, 3.63) is 23.9 Å². The SMILES string of the molecule is CNc1ncccc1[C@@H]1CCCN1C(=O)OC(C)(C)C. The maximum absolute atomic E-state index is 12.3. The van der Waals surface area contributed by atoms with Gasteiger partial charge in [-0.05, 0) is 39.7 Å². The molecule has 0 aliphatic carbocycles. The highest BCUT2D eigenvalue weighted by molar-refractivity contribution is 5.69. The summed E-state index contributed by atoms with van der Waals surface area (Å²) in [5, 5.41) is 3.09. The summed E-state index contributed by atoms with van der Waals surface area (Å²) in [5.74, 6) is 0.827. The summed E-state index contributed by atoms with van der Waals surface area (Å²) in [6, 6.07) is 3.97. The van der Waals surface area contributed by atoms with Gasteiger partial charge in [-0.3, -0.25) is 0 Å². The van der Waals surface area contributed by atoms with Crippen molar-refractivity contribution < 1.29 is 9.53 Å². The molecule has 1 N–H and O–H groups in total. The van der Waals surface area contributed by atoms with E-state index in [0.29, 0.717) is 0 Å². The van der Waals surface area contributed by atoms with E-state index in [1.807, 2.05) is 44.9 Å². The lowest BCUT2D eigenvalue weighted by molar-refractivity contribution is 0.0225. The predicted octanol–water partition coefficient (Wildman–Crippen LogP) is 3.20. The molecule has 0 radical (unpaired) electrons. The highest BCUT2D eigenvalue weighted by atomic mass is 16.6. The number of nitrogens with zero attached hydrogens (tertiary/aromatic N) is 2. The van der Waals surface area contributed by atoms with E-state index in [2.05, 4.69) is 10.3 Å². The monoisotopic (exact) mass is 277 g/mol. The summed E-state index contributed by atoms with van der Waals surface area (Å²) in [5.41, 5.74) is 0.587. The minimum atomic E-state index is -0.467. The maximum atomic E-state index is 12.3. The number of amides is 1. The van der Waals surface area contributed by atoms with Crippen molar-refractivity contribution in [1.29, 1.82) is 0 Å². The lowest BCUT2D eigenvalue weighted by atomic mass is 10.1. The molecule has 1 fully saturated rings. The molecule has 0 spiro atoms. The number of carbonyl (C=O) groups is 1. The first-order valence-electron chi connectivity index (χ1n) is 7.04. The minimum Gasteiger partial charge on any atom is -0.444 e. The van der Waals surface area contributed by atoms with Gasteiger partial charge in [-0.25, -0.2) is 9.78 Å². The second kappa shape index (κ2) is 5.69. The fraction of sp³-hybridized carbons (Fsp3) is 0.600. The van der Waals surface area contributed by atoms with Crippen molar-refractivity contribution in [2.75, 3.05) is 18.9 Å². The fourth-order valence-electron chi connectivity index (χ4n) is 2.52. The first-order valence-corrected chi connectivity index (χ1v) is 7.04. The van der Waals surface area contributed by atoms with Gasteiger partial charge < -0.3 is 15.0 Å². The number of carbonyl (C=O) groups excluding carboxylic acids is 1. The van der Waals surface area contributed by atoms with E-state index in [9.17, 15) is 4.79 Å². The second-order valence-electron chi connectivity index (χ2n) is 6.02. The van der Waals surface area contributed by atoms with E-state index in [4.69, 9.17) is 4.74 Å². The summed E-state index contributed by atoms with van der Waals surface area (Å²) in [6.07, 6.45) is 3.44. The zero-order valence-corrected chi connectivity index (χ0v) is 12.6. The summed E-state index contributed by atoms with van der Waals surface area (Å²) in [4.78, 5) is 18.4. The van der Waals surface area contributed by atoms with Crippen LogP contribution in [-0.2, 0) is 4.74 Å². The number of likely N-dealkylation sites (tertiary alicyclic amines) is 1. The van der Waals surface area contributed by atoms with E-state index in [1.165, 1.54) is 0 Å². The molecule has 110 valence electrons. The number of anilines is 1. The van der Waals surface area contributed by atoms with Crippen LogP contribution in [-0.4, -0.2) is 35.2 Å². The zero-order valence-electron chi connectivity index (χ0n) is 12.6. The summed E-state index contributed by atoms with van der Waals surface area (Å²) < 4.78 is 5.49. The van der Waals surface area contributed by atoms with Crippen LogP contribution in [0, 0.1) is 0 Å². The van der Waals surface area contributed by atoms with Crippen LogP contribution >= 0.6 is 0 Å². The molecule has 2 rings (SSSR count). The van der Waals surface area contributed by atoms with Crippen LogP contribution in [0.15, 0.2) is 18.3 Å². The van der Waals surface area contributed by atoms with Crippen LogP contribution in [0.1, 0.15) is 45.2 Å². The molecule has 2 heterocycles. The Balaban J connectivity index is 2.21. The number of hydrogen-bond acceptors (Lipinski definition) is 4. The Morgan fingerprint density at radius 2 is 2.25 bits per heavy atom. The Hall–Kier alpha value is -1.78. The van der Waals surface area contributed by atoms with Gasteiger partial charge in [-0.1, -0.05) is 6.07 Å². The lowest BCUT2D eigenvalue weighted by Crippen LogP contribution is -2.36. The third-order valence-corrected chi connectivity index (χ3v) is 3.32. The van der Waals surface area contributed by atoms with Gasteiger partial charge in [-0.2, -0.15) is 0 Å². The highest BCUT2D eigenvalue weighted by Gasteiger charge is 2.34. The Bertz CT molecular complexity index is 482. The molecule has 5 heteroatoms. The van der Waals surface area contributed by atoms with E-state index in [0.717, 1.165) is 30.8 Å². The molecule has 0 saturated carbocycles. The Morgan fingerprint density at radius 3 is 2.90 bits per heavy atom. The van der Waals surface area contributed by atoms with Crippen molar-refractivity contribution in [2.24, 2.45) is 0 Å². The number of ether oxygens (including phenoxy) is 1. The van der Waals surface area contributed by atoms with Gasteiger partial charge in [0, 0.05) is 25.4 Å². The molecular formula is C15H23N3O2. The summed E-state index contributed by atoms with van der Waals surface area (Å²) in [7, 11) is 1.85. The molecule has 20 heavy (non-hydrogen) atoms. The average Bonchev–Trinajstić information content (AvgIpc) is 2.85. The smallest absolute Gasteiger partial charge is 0.410 e. The van der Waals surface area contributed by atoms with Crippen molar-refractivity contribution in [2.45, 2.75) is 45.3 Å². The Labute approximate surface area is 120 Å². The molecule has 0 unspecified atom stereocenters. The normalized spacial score (nSPS) is 19.0. The molecule has 0 bridgehead atoms. The molecule has 1 aliphatic heterocycles. The molecule has 1 aliphatic rings. The topological polar surface area (TPSA) is 54.5 Å². The van der Waals surface area contributed by atoms with Crippen LogP contribution in [0.4, 0.5) is 10.6 Å². The third-order valence-electron chi connectivity index (χ3n) is 3.32. The molecule has 1 atom stereocenters. The van der Waals surface area contributed by atoms with E-state index >= 15 is 0 Å². The van der Waals surface area contributed by atoms with Crippen molar-refractivity contribution >= 4 is 11.9 Å². The largest absolute Gasteiger partial charge is 0.444 e. The van der Waals surface area contributed by atoms with Crippen molar-refractivity contribution in [1.82, 2.24) is 9.88 Å². The second-order valence-corrected chi connectivity index (χ2v) is 6.02. The van der Waals surface area contributed by atoms with Crippen LogP contribution in [0.5, 0.6) is 0 Å². The highest BCUT2D eigenvalue weighted by Crippen LogP contribution is 2.35. The average molecular weight is 277 g/mol. The van der Waals surface area contributed by atoms with Gasteiger partial charge in [0.25, 0.3) is 0 Å². The quantitative estimate of drug-likeness (QED) is 0.902. The van der Waals surface area contributed by atoms with Crippen molar-refractivity contribution in [3.8, 4) is 0 Å². The van der Waals surface area contributed by atoms with E-state index in [-0.39, 0.29) is 12.1 Å². The fourth-order valence-corrected chi connectivity index (χ4v) is 2.52. The lowest BCUT2D eigenvalue weighted by Gasteiger charge is -2.29. The minimum absolute atomic E-state index is 0.0426. The molecule has 1 amide bonds. The number of hydrogen-bond donors (Lipinski definition) is 1. The van der Waals surface area contributed by atoms with E-state index in [1.54, 1.807) is 6.20 Å². The zero-order chi connectivity index (χ0) is 14.8. The number of aromatic nitrogens is 1. The molecule has 1 aromatic heterocycles. The van der Waals surface area contributed by atoms with Gasteiger partial charge >= 0.3 is 6.09 Å². The number of rotatable bonds is 2. The van der Waals surface area contributed by atoms with Crippen LogP contribution < -0.4 is 5.32 Å². The third kappa shape index (κ3) is 3.21. The predicted molar refractivity (Wildman–Crippen MR) is 78.7 cm³/mol.